The molecular weight excluding hydrogens is 298 g/mol. The summed E-state index contributed by atoms with van der Waals surface area (Å²) in [7, 11) is 6.04. The van der Waals surface area contributed by atoms with Crippen LogP contribution in [0, 0.1) is 10.1 Å². The zero-order valence-electron chi connectivity index (χ0n) is 11.9. The SMILES string of the molecule is Cn1ccc([N+](=O)[O-])c1C[N+](C)(C)C(C)(C)C.[Br-]. The minimum atomic E-state index is -0.308. The first kappa shape index (κ1) is 17.1. The van der Waals surface area contributed by atoms with Crippen molar-refractivity contribution in [3.63, 3.8) is 0 Å². The number of halogens is 1. The summed E-state index contributed by atoms with van der Waals surface area (Å²) in [4.78, 5) is 10.6. The molecule has 0 saturated carbocycles. The zero-order valence-corrected chi connectivity index (χ0v) is 13.5. The van der Waals surface area contributed by atoms with Crippen molar-refractivity contribution >= 4 is 5.69 Å². The van der Waals surface area contributed by atoms with E-state index >= 15 is 0 Å². The summed E-state index contributed by atoms with van der Waals surface area (Å²) in [6, 6.07) is 1.57. The predicted octanol–water partition coefficient (Wildman–Crippen LogP) is -0.688. The first-order valence-electron chi connectivity index (χ1n) is 5.68. The van der Waals surface area contributed by atoms with Gasteiger partial charge in [0.25, 0.3) is 5.69 Å². The van der Waals surface area contributed by atoms with Gasteiger partial charge in [0.15, 0.2) is 5.69 Å². The lowest BCUT2D eigenvalue weighted by Gasteiger charge is -2.42. The van der Waals surface area contributed by atoms with Crippen LogP contribution in [0.3, 0.4) is 0 Å². The standard InChI is InChI=1S/C12H22N3O2.BrH/c1-12(2,3)15(5,6)9-11-10(14(16)17)7-8-13(11)4;/h7-8H,9H2,1-6H3;1H/q+1;/p-1. The summed E-state index contributed by atoms with van der Waals surface area (Å²) in [5.41, 5.74) is 1.02. The van der Waals surface area contributed by atoms with Crippen molar-refractivity contribution in [3.8, 4) is 0 Å². The normalized spacial score (nSPS) is 12.1. The summed E-state index contributed by atoms with van der Waals surface area (Å²) < 4.78 is 2.54. The van der Waals surface area contributed by atoms with Gasteiger partial charge in [-0.25, -0.2) is 0 Å². The van der Waals surface area contributed by atoms with Gasteiger partial charge in [0.2, 0.25) is 0 Å². The van der Waals surface area contributed by atoms with Gasteiger partial charge in [-0.05, 0) is 20.8 Å². The van der Waals surface area contributed by atoms with Crippen LogP contribution in [0.25, 0.3) is 0 Å². The lowest BCUT2D eigenvalue weighted by molar-refractivity contribution is -0.948. The first-order valence-corrected chi connectivity index (χ1v) is 5.68. The number of aryl methyl sites for hydroxylation is 1. The molecule has 0 aromatic carbocycles. The Labute approximate surface area is 119 Å². The average molecular weight is 320 g/mol. The molecule has 18 heavy (non-hydrogen) atoms. The van der Waals surface area contributed by atoms with Gasteiger partial charge in [0.1, 0.15) is 6.54 Å². The summed E-state index contributed by atoms with van der Waals surface area (Å²) in [6.07, 6.45) is 1.75. The highest BCUT2D eigenvalue weighted by Crippen LogP contribution is 2.27. The molecule has 0 atom stereocenters. The van der Waals surface area contributed by atoms with Crippen molar-refractivity contribution in [1.82, 2.24) is 4.57 Å². The molecule has 0 amide bonds. The Hall–Kier alpha value is -0.880. The first-order chi connectivity index (χ1) is 7.56. The molecule has 0 aliphatic heterocycles. The molecule has 1 rings (SSSR count). The van der Waals surface area contributed by atoms with Crippen LogP contribution in [0.4, 0.5) is 5.69 Å². The van der Waals surface area contributed by atoms with Gasteiger partial charge in [-0.3, -0.25) is 10.1 Å². The average Bonchev–Trinajstić information content (AvgIpc) is 2.45. The molecule has 0 spiro atoms. The lowest BCUT2D eigenvalue weighted by Crippen LogP contribution is -3.00. The molecule has 104 valence electrons. The van der Waals surface area contributed by atoms with Crippen LogP contribution in [0.5, 0.6) is 0 Å². The summed E-state index contributed by atoms with van der Waals surface area (Å²) in [6.45, 7) is 7.06. The van der Waals surface area contributed by atoms with E-state index in [4.69, 9.17) is 0 Å². The van der Waals surface area contributed by atoms with E-state index in [-0.39, 0.29) is 33.1 Å². The van der Waals surface area contributed by atoms with Crippen LogP contribution >= 0.6 is 0 Å². The molecule has 0 bridgehead atoms. The molecule has 1 aromatic rings. The van der Waals surface area contributed by atoms with Gasteiger partial charge in [0.05, 0.1) is 24.6 Å². The van der Waals surface area contributed by atoms with Gasteiger partial charge < -0.3 is 26.0 Å². The molecule has 6 heteroatoms. The van der Waals surface area contributed by atoms with Gasteiger partial charge in [-0.2, -0.15) is 0 Å². The number of quaternary nitrogens is 1. The van der Waals surface area contributed by atoms with Crippen molar-refractivity contribution < 1.29 is 26.4 Å². The number of nitrogens with zero attached hydrogens (tertiary/aromatic N) is 3. The van der Waals surface area contributed by atoms with E-state index in [0.29, 0.717) is 11.0 Å². The van der Waals surface area contributed by atoms with Crippen molar-refractivity contribution in [1.29, 1.82) is 0 Å². The fraction of sp³-hybridized carbons (Fsp3) is 0.667. The maximum atomic E-state index is 11.0. The van der Waals surface area contributed by atoms with E-state index in [9.17, 15) is 10.1 Å². The van der Waals surface area contributed by atoms with Gasteiger partial charge in [-0.1, -0.05) is 0 Å². The van der Waals surface area contributed by atoms with Crippen molar-refractivity contribution in [2.75, 3.05) is 14.1 Å². The molecule has 1 aromatic heterocycles. The monoisotopic (exact) mass is 319 g/mol. The van der Waals surface area contributed by atoms with Crippen LogP contribution in [0.1, 0.15) is 26.5 Å². The molecule has 5 nitrogen and oxygen atoms in total. The number of hydrogen-bond acceptors (Lipinski definition) is 2. The maximum Gasteiger partial charge on any atom is 0.295 e. The quantitative estimate of drug-likeness (QED) is 0.421. The van der Waals surface area contributed by atoms with E-state index < -0.39 is 0 Å². The Bertz CT molecular complexity index is 433. The fourth-order valence-corrected chi connectivity index (χ4v) is 1.52. The summed E-state index contributed by atoms with van der Waals surface area (Å²) >= 11 is 0. The fourth-order valence-electron chi connectivity index (χ4n) is 1.52. The Morgan fingerprint density at radius 3 is 2.28 bits per heavy atom. The Kier molecular flexibility index (Phi) is 5.14. The Morgan fingerprint density at radius 1 is 1.39 bits per heavy atom. The highest BCUT2D eigenvalue weighted by Gasteiger charge is 2.35. The van der Waals surface area contributed by atoms with Crippen LogP contribution in [-0.4, -0.2) is 33.6 Å². The molecule has 0 radical (unpaired) electrons. The number of hydrogen-bond donors (Lipinski definition) is 0. The topological polar surface area (TPSA) is 48.1 Å². The molecular formula is C12H22BrN3O2. The second-order valence-corrected chi connectivity index (χ2v) is 6.03. The Balaban J connectivity index is 0.00000289. The minimum Gasteiger partial charge on any atom is -1.00 e. The number of rotatable bonds is 3. The summed E-state index contributed by atoms with van der Waals surface area (Å²) in [5.74, 6) is 0. The second-order valence-electron chi connectivity index (χ2n) is 6.03. The molecule has 0 saturated heterocycles. The molecule has 0 fully saturated rings. The third-order valence-corrected chi connectivity index (χ3v) is 3.74. The van der Waals surface area contributed by atoms with E-state index in [1.165, 1.54) is 0 Å². The lowest BCUT2D eigenvalue weighted by atomic mass is 10.0. The van der Waals surface area contributed by atoms with Crippen LogP contribution in [0.15, 0.2) is 12.3 Å². The molecule has 0 N–H and O–H groups in total. The Morgan fingerprint density at radius 2 is 1.89 bits per heavy atom. The minimum absolute atomic E-state index is 0. The largest absolute Gasteiger partial charge is 1.00 e. The van der Waals surface area contributed by atoms with Gasteiger partial charge in [0, 0.05) is 19.3 Å². The zero-order chi connectivity index (χ0) is 13.4. The third kappa shape index (κ3) is 3.32. The molecule has 0 unspecified atom stereocenters. The van der Waals surface area contributed by atoms with Crippen molar-refractivity contribution in [2.24, 2.45) is 7.05 Å². The predicted molar refractivity (Wildman–Crippen MR) is 67.6 cm³/mol. The van der Waals surface area contributed by atoms with Gasteiger partial charge >= 0.3 is 0 Å². The van der Waals surface area contributed by atoms with Crippen molar-refractivity contribution in [2.45, 2.75) is 32.9 Å². The van der Waals surface area contributed by atoms with Crippen LogP contribution < -0.4 is 17.0 Å². The molecule has 1 heterocycles. The van der Waals surface area contributed by atoms with E-state index in [2.05, 4.69) is 34.9 Å². The van der Waals surface area contributed by atoms with Crippen molar-refractivity contribution in [3.05, 3.63) is 28.1 Å². The highest BCUT2D eigenvalue weighted by atomic mass is 79.9. The van der Waals surface area contributed by atoms with E-state index in [0.717, 1.165) is 5.69 Å². The second kappa shape index (κ2) is 5.40. The van der Waals surface area contributed by atoms with Crippen LogP contribution in [-0.2, 0) is 13.6 Å². The van der Waals surface area contributed by atoms with Gasteiger partial charge in [-0.15, -0.1) is 0 Å². The highest BCUT2D eigenvalue weighted by molar-refractivity contribution is 5.36. The molecule has 0 aliphatic carbocycles. The van der Waals surface area contributed by atoms with Crippen LogP contribution in [0.2, 0.25) is 0 Å². The smallest absolute Gasteiger partial charge is 0.295 e. The summed E-state index contributed by atoms with van der Waals surface area (Å²) in [5, 5.41) is 11.0. The maximum absolute atomic E-state index is 11.0. The van der Waals surface area contributed by atoms with E-state index in [1.807, 2.05) is 11.6 Å². The number of nitro groups is 1. The number of aromatic nitrogens is 1. The molecule has 0 aliphatic rings. The third-order valence-electron chi connectivity index (χ3n) is 3.74. The van der Waals surface area contributed by atoms with E-state index in [1.54, 1.807) is 12.3 Å².